The number of hydrogen-bond acceptors (Lipinski definition) is 10. The molecule has 1 aliphatic heterocycles. The van der Waals surface area contributed by atoms with E-state index in [1.165, 1.54) is 18.5 Å². The van der Waals surface area contributed by atoms with Gasteiger partial charge in [-0.3, -0.25) is 4.89 Å². The fourth-order valence-corrected chi connectivity index (χ4v) is 2.82. The van der Waals surface area contributed by atoms with Gasteiger partial charge in [-0.2, -0.15) is 9.94 Å². The molecule has 1 unspecified atom stereocenters. The molecule has 174 valence electrons. The summed E-state index contributed by atoms with van der Waals surface area (Å²) in [6.45, 7) is 10.5. The van der Waals surface area contributed by atoms with Crippen LogP contribution in [-0.2, 0) is 19.2 Å². The van der Waals surface area contributed by atoms with Crippen LogP contribution in [0.25, 0.3) is 0 Å². The van der Waals surface area contributed by atoms with Gasteiger partial charge >= 0.3 is 19.7 Å². The van der Waals surface area contributed by atoms with Crippen LogP contribution < -0.4 is 4.90 Å². The normalized spacial score (nSPS) is 16.0. The summed E-state index contributed by atoms with van der Waals surface area (Å²) in [5, 5.41) is 13.3. The van der Waals surface area contributed by atoms with Crippen LogP contribution in [0.4, 0.5) is 21.2 Å². The second-order valence-electron chi connectivity index (χ2n) is 9.27. The molecule has 1 aliphatic rings. The first-order valence-corrected chi connectivity index (χ1v) is 10.2. The molecule has 0 saturated carbocycles. The average molecular weight is 456 g/mol. The molecule has 0 radical (unpaired) electrons. The van der Waals surface area contributed by atoms with Gasteiger partial charge in [0.1, 0.15) is 17.3 Å². The zero-order valence-electron chi connectivity index (χ0n) is 19.4. The van der Waals surface area contributed by atoms with Crippen LogP contribution in [-0.4, -0.2) is 57.2 Å². The Morgan fingerprint density at radius 1 is 1.15 bits per heavy atom. The highest BCUT2D eigenvalue weighted by Gasteiger charge is 2.34. The molecule has 1 atom stereocenters. The monoisotopic (exact) mass is 456 g/mol. The van der Waals surface area contributed by atoms with Crippen LogP contribution in [0.3, 0.4) is 0 Å². The van der Waals surface area contributed by atoms with Gasteiger partial charge in [0.25, 0.3) is 0 Å². The van der Waals surface area contributed by atoms with Gasteiger partial charge in [-0.05, 0) is 41.5 Å². The fourth-order valence-electron chi connectivity index (χ4n) is 2.82. The zero-order valence-corrected chi connectivity index (χ0v) is 19.4. The van der Waals surface area contributed by atoms with Gasteiger partial charge in [0, 0.05) is 11.9 Å². The van der Waals surface area contributed by atoms with E-state index in [9.17, 15) is 9.59 Å². The van der Waals surface area contributed by atoms with E-state index in [0.717, 1.165) is 9.58 Å². The van der Waals surface area contributed by atoms with Crippen LogP contribution in [0.15, 0.2) is 18.5 Å². The number of carbonyl (C=O) groups is 2. The standard InChI is InChI=1S/C20H25BN6O6/c1-19(2,3)31-17(28)26(16-10-23-12(8-22)9-24-16)15-7-14(13-11-30-33-21-13)27(25-15)18(29)32-20(4,5)6/h7,9-10,13,21H,11H2,1-6H3. The summed E-state index contributed by atoms with van der Waals surface area (Å²) < 4.78 is 12.1. The third kappa shape index (κ3) is 6.06. The zero-order chi connectivity index (χ0) is 24.4. The number of ether oxygens (including phenoxy) is 2. The number of aromatic nitrogens is 4. The van der Waals surface area contributed by atoms with Gasteiger partial charge < -0.3 is 14.3 Å². The molecule has 3 rings (SSSR count). The number of nitriles is 1. The number of amides is 1. The van der Waals surface area contributed by atoms with Crippen molar-refractivity contribution < 1.29 is 28.8 Å². The number of anilines is 2. The Balaban J connectivity index is 2.10. The first-order valence-electron chi connectivity index (χ1n) is 10.2. The molecule has 33 heavy (non-hydrogen) atoms. The molecule has 1 fully saturated rings. The third-order valence-electron chi connectivity index (χ3n) is 4.12. The van der Waals surface area contributed by atoms with E-state index in [2.05, 4.69) is 15.1 Å². The fraction of sp³-hybridized carbons (Fsp3) is 0.500. The van der Waals surface area contributed by atoms with E-state index in [-0.39, 0.29) is 37.2 Å². The van der Waals surface area contributed by atoms with Crippen LogP contribution in [0.2, 0.25) is 0 Å². The molecule has 1 amide bonds. The summed E-state index contributed by atoms with van der Waals surface area (Å²) in [4.78, 5) is 45.2. The molecule has 0 bridgehead atoms. The molecule has 13 heteroatoms. The summed E-state index contributed by atoms with van der Waals surface area (Å²) in [5.41, 5.74) is -1.10. The van der Waals surface area contributed by atoms with Crippen molar-refractivity contribution >= 4 is 31.3 Å². The van der Waals surface area contributed by atoms with Crippen molar-refractivity contribution in [2.24, 2.45) is 0 Å². The number of nitrogens with zero attached hydrogens (tertiary/aromatic N) is 6. The second kappa shape index (κ2) is 9.17. The molecule has 1 saturated heterocycles. The Bertz CT molecular complexity index is 1060. The molecule has 0 N–H and O–H groups in total. The lowest BCUT2D eigenvalue weighted by Crippen LogP contribution is -2.35. The lowest BCUT2D eigenvalue weighted by molar-refractivity contribution is -0.183. The summed E-state index contributed by atoms with van der Waals surface area (Å²) in [6, 6.07) is 3.41. The summed E-state index contributed by atoms with van der Waals surface area (Å²) in [5.74, 6) is -0.218. The smallest absolute Gasteiger partial charge is 0.435 e. The molecule has 0 aliphatic carbocycles. The molecule has 0 aromatic carbocycles. The highest BCUT2D eigenvalue weighted by Crippen LogP contribution is 2.30. The Hall–Kier alpha value is -3.50. The number of hydrogen-bond donors (Lipinski definition) is 0. The maximum atomic E-state index is 13.1. The number of rotatable bonds is 3. The molecular formula is C20H25BN6O6. The van der Waals surface area contributed by atoms with E-state index in [1.54, 1.807) is 41.5 Å². The maximum absolute atomic E-state index is 13.1. The summed E-state index contributed by atoms with van der Waals surface area (Å²) in [6.07, 6.45) is 0.944. The minimum Gasteiger partial charge on any atom is -0.443 e. The van der Waals surface area contributed by atoms with Crippen molar-refractivity contribution in [2.75, 3.05) is 11.5 Å². The predicted octanol–water partition coefficient (Wildman–Crippen LogP) is 2.76. The third-order valence-corrected chi connectivity index (χ3v) is 4.12. The molecule has 2 aromatic heterocycles. The minimum atomic E-state index is -0.820. The van der Waals surface area contributed by atoms with Crippen molar-refractivity contribution in [3.63, 3.8) is 0 Å². The van der Waals surface area contributed by atoms with Gasteiger partial charge in [0.15, 0.2) is 17.3 Å². The second-order valence-corrected chi connectivity index (χ2v) is 9.27. The highest BCUT2D eigenvalue weighted by molar-refractivity contribution is 6.30. The van der Waals surface area contributed by atoms with Crippen LogP contribution >= 0.6 is 0 Å². The number of carbonyl (C=O) groups excluding carboxylic acids is 2. The highest BCUT2D eigenvalue weighted by atomic mass is 17.2. The van der Waals surface area contributed by atoms with Crippen molar-refractivity contribution in [2.45, 2.75) is 58.6 Å². The van der Waals surface area contributed by atoms with Crippen molar-refractivity contribution in [3.8, 4) is 6.07 Å². The summed E-state index contributed by atoms with van der Waals surface area (Å²) >= 11 is 0. The van der Waals surface area contributed by atoms with Gasteiger partial charge in [-0.1, -0.05) is 0 Å². The quantitative estimate of drug-likeness (QED) is 0.500. The Labute approximate surface area is 191 Å². The van der Waals surface area contributed by atoms with Gasteiger partial charge in [0.05, 0.1) is 24.7 Å². The first-order chi connectivity index (χ1) is 15.4. The van der Waals surface area contributed by atoms with Crippen molar-refractivity contribution in [3.05, 3.63) is 29.8 Å². The van der Waals surface area contributed by atoms with Gasteiger partial charge in [0.2, 0.25) is 0 Å². The van der Waals surface area contributed by atoms with E-state index >= 15 is 0 Å². The van der Waals surface area contributed by atoms with E-state index < -0.39 is 23.4 Å². The molecule has 2 aromatic rings. The Morgan fingerprint density at radius 3 is 2.36 bits per heavy atom. The van der Waals surface area contributed by atoms with Crippen LogP contribution in [0.5, 0.6) is 0 Å². The minimum absolute atomic E-state index is 0.0519. The lowest BCUT2D eigenvalue weighted by Gasteiger charge is -2.25. The van der Waals surface area contributed by atoms with Crippen LogP contribution in [0, 0.1) is 11.3 Å². The lowest BCUT2D eigenvalue weighted by atomic mass is 9.79. The Kier molecular flexibility index (Phi) is 6.71. The molecular weight excluding hydrogens is 431 g/mol. The average Bonchev–Trinajstić information content (AvgIpc) is 3.36. The van der Waals surface area contributed by atoms with E-state index in [1.807, 2.05) is 6.07 Å². The first kappa shape index (κ1) is 24.2. The summed E-state index contributed by atoms with van der Waals surface area (Å²) in [7, 11) is 0.192. The molecule has 3 heterocycles. The topological polar surface area (TPSA) is 142 Å². The largest absolute Gasteiger partial charge is 0.443 e. The van der Waals surface area contributed by atoms with Gasteiger partial charge in [-0.25, -0.2) is 24.5 Å². The predicted molar refractivity (Wildman–Crippen MR) is 116 cm³/mol. The van der Waals surface area contributed by atoms with E-state index in [4.69, 9.17) is 24.4 Å². The Morgan fingerprint density at radius 2 is 1.85 bits per heavy atom. The molecule has 12 nitrogen and oxygen atoms in total. The van der Waals surface area contributed by atoms with Crippen LogP contribution in [0.1, 0.15) is 58.7 Å². The maximum Gasteiger partial charge on any atom is 0.435 e. The van der Waals surface area contributed by atoms with Crippen molar-refractivity contribution in [1.82, 2.24) is 19.7 Å². The SMILES string of the molecule is CC(C)(C)OC(=O)N(c1cnc(C#N)cn1)c1cc(C2BOOC2)n(C(=O)OC(C)(C)C)n1. The molecule has 0 spiro atoms. The van der Waals surface area contributed by atoms with Gasteiger partial charge in [-0.15, -0.1) is 5.10 Å². The van der Waals surface area contributed by atoms with E-state index in [0.29, 0.717) is 5.69 Å². The van der Waals surface area contributed by atoms with Crippen molar-refractivity contribution in [1.29, 1.82) is 5.26 Å².